The Morgan fingerprint density at radius 2 is 1.50 bits per heavy atom. The zero-order valence-corrected chi connectivity index (χ0v) is 18.5. The molecule has 1 amide bonds. The first-order valence-corrected chi connectivity index (χ1v) is 11.2. The van der Waals surface area contributed by atoms with Crippen molar-refractivity contribution in [3.63, 3.8) is 0 Å². The summed E-state index contributed by atoms with van der Waals surface area (Å²) in [4.78, 5) is 30.7. The summed E-state index contributed by atoms with van der Waals surface area (Å²) in [5.74, 6) is -1.82. The van der Waals surface area contributed by atoms with E-state index >= 15 is 0 Å². The molecule has 0 N–H and O–H groups in total. The van der Waals surface area contributed by atoms with E-state index in [2.05, 4.69) is 17.0 Å². The van der Waals surface area contributed by atoms with Gasteiger partial charge >= 0.3 is 0 Å². The third kappa shape index (κ3) is 4.22. The molecule has 7 heteroatoms. The van der Waals surface area contributed by atoms with Crippen LogP contribution in [-0.2, 0) is 6.54 Å². The van der Waals surface area contributed by atoms with Gasteiger partial charge in [0, 0.05) is 55.8 Å². The summed E-state index contributed by atoms with van der Waals surface area (Å²) >= 11 is 0. The number of hydrogen-bond donors (Lipinski definition) is 0. The number of fused-ring (bicyclic) bond motifs is 1. The number of amides is 1. The van der Waals surface area contributed by atoms with Crippen LogP contribution in [0.5, 0.6) is 0 Å². The maximum absolute atomic E-state index is 14.5. The molecule has 0 bridgehead atoms. The summed E-state index contributed by atoms with van der Waals surface area (Å²) in [6.07, 6.45) is 1.37. The first-order valence-electron chi connectivity index (χ1n) is 11.2. The number of halogens is 2. The fourth-order valence-electron chi connectivity index (χ4n) is 4.44. The molecule has 1 fully saturated rings. The van der Waals surface area contributed by atoms with E-state index < -0.39 is 17.2 Å². The van der Waals surface area contributed by atoms with Crippen LogP contribution >= 0.6 is 0 Å². The van der Waals surface area contributed by atoms with Crippen molar-refractivity contribution in [2.24, 2.45) is 0 Å². The van der Waals surface area contributed by atoms with Crippen molar-refractivity contribution in [3.05, 3.63) is 112 Å². The number of benzene rings is 3. The number of carbonyl (C=O) groups is 1. The van der Waals surface area contributed by atoms with Crippen molar-refractivity contribution in [2.45, 2.75) is 6.54 Å². The highest BCUT2D eigenvalue weighted by Crippen LogP contribution is 2.22. The van der Waals surface area contributed by atoms with Crippen LogP contribution in [0, 0.1) is 11.6 Å². The Labute approximate surface area is 195 Å². The maximum Gasteiger partial charge on any atom is 0.263 e. The maximum atomic E-state index is 14.5. The molecule has 5 rings (SSSR count). The van der Waals surface area contributed by atoms with Gasteiger partial charge in [0.2, 0.25) is 0 Å². The lowest BCUT2D eigenvalue weighted by Crippen LogP contribution is -2.48. The highest BCUT2D eigenvalue weighted by Gasteiger charge is 2.25. The van der Waals surface area contributed by atoms with Gasteiger partial charge in [-0.05, 0) is 23.8 Å². The number of hydrogen-bond acceptors (Lipinski definition) is 3. The molecule has 1 aromatic heterocycles. The molecule has 0 radical (unpaired) electrons. The molecule has 3 aromatic carbocycles. The molecule has 2 heterocycles. The predicted octanol–water partition coefficient (Wildman–Crippen LogP) is 4.23. The minimum Gasteiger partial charge on any atom is -0.336 e. The topological polar surface area (TPSA) is 45.6 Å². The average molecular weight is 459 g/mol. The Morgan fingerprint density at radius 1 is 0.824 bits per heavy atom. The summed E-state index contributed by atoms with van der Waals surface area (Å²) in [6, 6.07) is 20.0. The average Bonchev–Trinajstić information content (AvgIpc) is 2.86. The van der Waals surface area contributed by atoms with Gasteiger partial charge in [0.1, 0.15) is 11.6 Å². The lowest BCUT2D eigenvalue weighted by molar-refractivity contribution is 0.0629. The molecule has 4 aromatic rings. The van der Waals surface area contributed by atoms with E-state index in [0.717, 1.165) is 36.3 Å². The van der Waals surface area contributed by atoms with Gasteiger partial charge in [0.25, 0.3) is 11.5 Å². The third-order valence-electron chi connectivity index (χ3n) is 6.23. The summed E-state index contributed by atoms with van der Waals surface area (Å²) in [7, 11) is 0. The first kappa shape index (κ1) is 22.0. The van der Waals surface area contributed by atoms with Crippen LogP contribution in [0.1, 0.15) is 15.9 Å². The molecule has 0 aliphatic carbocycles. The van der Waals surface area contributed by atoms with Crippen molar-refractivity contribution >= 4 is 16.7 Å². The van der Waals surface area contributed by atoms with E-state index in [0.29, 0.717) is 29.4 Å². The van der Waals surface area contributed by atoms with Crippen molar-refractivity contribution < 1.29 is 13.6 Å². The Bertz CT molecular complexity index is 1410. The van der Waals surface area contributed by atoms with Crippen molar-refractivity contribution in [3.8, 4) is 5.69 Å². The zero-order valence-electron chi connectivity index (χ0n) is 18.5. The van der Waals surface area contributed by atoms with E-state index in [-0.39, 0.29) is 11.6 Å². The molecule has 34 heavy (non-hydrogen) atoms. The molecule has 0 unspecified atom stereocenters. The molecule has 5 nitrogen and oxygen atoms in total. The largest absolute Gasteiger partial charge is 0.336 e. The molecule has 172 valence electrons. The highest BCUT2D eigenvalue weighted by molar-refractivity contribution is 6.06. The SMILES string of the molecule is O=C(c1cn(-c2ccc(F)cc2F)c(=O)c2ccccc12)N1CCN(Cc2ccccc2)CC1. The fraction of sp³-hybridized carbons (Fsp3) is 0.185. The van der Waals surface area contributed by atoms with Crippen molar-refractivity contribution in [1.29, 1.82) is 0 Å². The standard InChI is InChI=1S/C27H23F2N3O2/c28-20-10-11-25(24(29)16-20)32-18-23(21-8-4-5-9-22(21)27(32)34)26(33)31-14-12-30(13-15-31)17-19-6-2-1-3-7-19/h1-11,16,18H,12-15,17H2. The summed E-state index contributed by atoms with van der Waals surface area (Å²) < 4.78 is 29.1. The van der Waals surface area contributed by atoms with Crippen LogP contribution in [0.4, 0.5) is 8.78 Å². The van der Waals surface area contributed by atoms with Crippen molar-refractivity contribution in [1.82, 2.24) is 14.4 Å². The number of aromatic nitrogens is 1. The van der Waals surface area contributed by atoms with Crippen molar-refractivity contribution in [2.75, 3.05) is 26.2 Å². The zero-order chi connectivity index (χ0) is 23.7. The van der Waals surface area contributed by atoms with E-state index in [4.69, 9.17) is 0 Å². The van der Waals surface area contributed by atoms with Crippen LogP contribution in [0.25, 0.3) is 16.5 Å². The minimum atomic E-state index is -0.870. The van der Waals surface area contributed by atoms with Gasteiger partial charge in [-0.1, -0.05) is 48.5 Å². The second-order valence-electron chi connectivity index (χ2n) is 8.41. The molecule has 1 aliphatic rings. The fourth-order valence-corrected chi connectivity index (χ4v) is 4.44. The second-order valence-corrected chi connectivity index (χ2v) is 8.41. The predicted molar refractivity (Wildman–Crippen MR) is 127 cm³/mol. The van der Waals surface area contributed by atoms with Gasteiger partial charge < -0.3 is 4.90 Å². The number of pyridine rings is 1. The van der Waals surface area contributed by atoms with Crippen LogP contribution in [0.2, 0.25) is 0 Å². The molecule has 1 saturated heterocycles. The summed E-state index contributed by atoms with van der Waals surface area (Å²) in [6.45, 7) is 3.37. The van der Waals surface area contributed by atoms with E-state index in [1.54, 1.807) is 29.2 Å². The molecular weight excluding hydrogens is 436 g/mol. The van der Waals surface area contributed by atoms with Crippen LogP contribution in [0.3, 0.4) is 0 Å². The molecule has 0 saturated carbocycles. The molecule has 1 aliphatic heterocycles. The second kappa shape index (κ2) is 9.19. The number of piperazine rings is 1. The monoisotopic (exact) mass is 459 g/mol. The van der Waals surface area contributed by atoms with E-state index in [1.165, 1.54) is 17.8 Å². The number of carbonyl (C=O) groups excluding carboxylic acids is 1. The van der Waals surface area contributed by atoms with Gasteiger partial charge in [0.15, 0.2) is 0 Å². The van der Waals surface area contributed by atoms with Gasteiger partial charge in [-0.15, -0.1) is 0 Å². The smallest absolute Gasteiger partial charge is 0.263 e. The van der Waals surface area contributed by atoms with Gasteiger partial charge in [-0.2, -0.15) is 0 Å². The lowest BCUT2D eigenvalue weighted by Gasteiger charge is -2.35. The third-order valence-corrected chi connectivity index (χ3v) is 6.23. The Balaban J connectivity index is 1.46. The van der Waals surface area contributed by atoms with E-state index in [1.807, 2.05) is 18.2 Å². The summed E-state index contributed by atoms with van der Waals surface area (Å²) in [5.41, 5.74) is 0.973. The quantitative estimate of drug-likeness (QED) is 0.459. The molecule has 0 atom stereocenters. The van der Waals surface area contributed by atoms with Crippen LogP contribution in [0.15, 0.2) is 83.8 Å². The Morgan fingerprint density at radius 3 is 2.21 bits per heavy atom. The normalized spacial score (nSPS) is 14.5. The van der Waals surface area contributed by atoms with Gasteiger partial charge in [0.05, 0.1) is 11.3 Å². The molecular formula is C27H23F2N3O2. The minimum absolute atomic E-state index is 0.0983. The van der Waals surface area contributed by atoms with Crippen LogP contribution in [-0.4, -0.2) is 46.5 Å². The lowest BCUT2D eigenvalue weighted by atomic mass is 10.1. The van der Waals surface area contributed by atoms with Gasteiger partial charge in [-0.25, -0.2) is 8.78 Å². The molecule has 0 spiro atoms. The number of rotatable bonds is 4. The van der Waals surface area contributed by atoms with Crippen LogP contribution < -0.4 is 5.56 Å². The highest BCUT2D eigenvalue weighted by atomic mass is 19.1. The number of nitrogens with zero attached hydrogens (tertiary/aromatic N) is 3. The Hall–Kier alpha value is -3.84. The first-order chi connectivity index (χ1) is 16.5. The van der Waals surface area contributed by atoms with Gasteiger partial charge in [-0.3, -0.25) is 19.1 Å². The Kier molecular flexibility index (Phi) is 5.94. The summed E-state index contributed by atoms with van der Waals surface area (Å²) in [5, 5.41) is 0.822. The van der Waals surface area contributed by atoms with E-state index in [9.17, 15) is 18.4 Å².